The molecule has 0 amide bonds. The van der Waals surface area contributed by atoms with Crippen molar-refractivity contribution < 1.29 is 4.39 Å². The molecule has 6 heteroatoms. The summed E-state index contributed by atoms with van der Waals surface area (Å²) in [5, 5.41) is 0.778. The van der Waals surface area contributed by atoms with Gasteiger partial charge in [-0.2, -0.15) is 0 Å². The number of rotatable bonds is 3. The van der Waals surface area contributed by atoms with Gasteiger partial charge in [0.15, 0.2) is 0 Å². The van der Waals surface area contributed by atoms with Crippen LogP contribution in [0.25, 0.3) is 10.9 Å². The molecule has 0 spiro atoms. The zero-order chi connectivity index (χ0) is 16.4. The van der Waals surface area contributed by atoms with Gasteiger partial charge in [-0.05, 0) is 35.9 Å². The summed E-state index contributed by atoms with van der Waals surface area (Å²) >= 11 is 0. The SMILES string of the molecule is Fc1ccc2ncnc(N3CCN(Cc4ccncc4)CC3)c2c1. The van der Waals surface area contributed by atoms with Crippen molar-refractivity contribution >= 4 is 16.7 Å². The van der Waals surface area contributed by atoms with Crippen LogP contribution in [0.5, 0.6) is 0 Å². The molecule has 0 saturated carbocycles. The van der Waals surface area contributed by atoms with E-state index in [1.807, 2.05) is 24.5 Å². The van der Waals surface area contributed by atoms with Crippen LogP contribution in [0.2, 0.25) is 0 Å². The average molecular weight is 323 g/mol. The third-order valence-electron chi connectivity index (χ3n) is 4.40. The molecule has 24 heavy (non-hydrogen) atoms. The van der Waals surface area contributed by atoms with Crippen molar-refractivity contribution in [3.63, 3.8) is 0 Å². The summed E-state index contributed by atoms with van der Waals surface area (Å²) in [4.78, 5) is 17.3. The average Bonchev–Trinajstić information content (AvgIpc) is 2.63. The molecule has 1 aliphatic rings. The molecule has 0 atom stereocenters. The van der Waals surface area contributed by atoms with Gasteiger partial charge in [-0.15, -0.1) is 0 Å². The Morgan fingerprint density at radius 1 is 0.958 bits per heavy atom. The predicted molar refractivity (Wildman–Crippen MR) is 91.2 cm³/mol. The predicted octanol–water partition coefficient (Wildman–Crippen LogP) is 2.49. The Morgan fingerprint density at radius 2 is 1.75 bits per heavy atom. The summed E-state index contributed by atoms with van der Waals surface area (Å²) < 4.78 is 13.6. The molecule has 0 N–H and O–H groups in total. The Morgan fingerprint density at radius 3 is 2.54 bits per heavy atom. The zero-order valence-corrected chi connectivity index (χ0v) is 13.3. The lowest BCUT2D eigenvalue weighted by Crippen LogP contribution is -2.46. The van der Waals surface area contributed by atoms with Gasteiger partial charge in [0.2, 0.25) is 0 Å². The highest BCUT2D eigenvalue weighted by Gasteiger charge is 2.20. The second-order valence-corrected chi connectivity index (χ2v) is 5.98. The van der Waals surface area contributed by atoms with Crippen molar-refractivity contribution in [1.29, 1.82) is 0 Å². The van der Waals surface area contributed by atoms with Crippen LogP contribution < -0.4 is 4.90 Å². The second kappa shape index (κ2) is 6.49. The highest BCUT2D eigenvalue weighted by molar-refractivity contribution is 5.89. The highest BCUT2D eigenvalue weighted by atomic mass is 19.1. The number of benzene rings is 1. The maximum atomic E-state index is 13.6. The number of nitrogens with zero attached hydrogens (tertiary/aromatic N) is 5. The van der Waals surface area contributed by atoms with Crippen LogP contribution in [0.4, 0.5) is 10.2 Å². The summed E-state index contributed by atoms with van der Waals surface area (Å²) in [6.45, 7) is 4.56. The van der Waals surface area contributed by atoms with Gasteiger partial charge in [0.1, 0.15) is 18.0 Å². The molecule has 0 bridgehead atoms. The quantitative estimate of drug-likeness (QED) is 0.741. The maximum Gasteiger partial charge on any atom is 0.140 e. The summed E-state index contributed by atoms with van der Waals surface area (Å²) in [7, 11) is 0. The van der Waals surface area contributed by atoms with Gasteiger partial charge in [-0.3, -0.25) is 9.88 Å². The van der Waals surface area contributed by atoms with Crippen molar-refractivity contribution in [2.45, 2.75) is 6.54 Å². The van der Waals surface area contributed by atoms with Crippen LogP contribution in [0.15, 0.2) is 49.1 Å². The van der Waals surface area contributed by atoms with Crippen LogP contribution >= 0.6 is 0 Å². The van der Waals surface area contributed by atoms with Crippen LogP contribution in [0.1, 0.15) is 5.56 Å². The van der Waals surface area contributed by atoms with E-state index in [1.165, 1.54) is 17.7 Å². The van der Waals surface area contributed by atoms with E-state index in [0.717, 1.165) is 49.4 Å². The van der Waals surface area contributed by atoms with E-state index < -0.39 is 0 Å². The van der Waals surface area contributed by atoms with Gasteiger partial charge in [0.05, 0.1) is 5.52 Å². The van der Waals surface area contributed by atoms with Gasteiger partial charge >= 0.3 is 0 Å². The van der Waals surface area contributed by atoms with Crippen molar-refractivity contribution in [2.24, 2.45) is 0 Å². The van der Waals surface area contributed by atoms with Crippen molar-refractivity contribution in [2.75, 3.05) is 31.1 Å². The Bertz CT molecular complexity index is 831. The van der Waals surface area contributed by atoms with E-state index in [9.17, 15) is 4.39 Å². The summed E-state index contributed by atoms with van der Waals surface area (Å²) in [6, 6.07) is 8.76. The summed E-state index contributed by atoms with van der Waals surface area (Å²) in [5.41, 5.74) is 2.05. The molecule has 4 rings (SSSR count). The maximum absolute atomic E-state index is 13.6. The largest absolute Gasteiger partial charge is 0.353 e. The first kappa shape index (κ1) is 15.0. The number of aromatic nitrogens is 3. The Labute approximate surface area is 139 Å². The molecule has 3 aromatic rings. The first-order valence-electron chi connectivity index (χ1n) is 8.06. The van der Waals surface area contributed by atoms with E-state index >= 15 is 0 Å². The Kier molecular flexibility index (Phi) is 4.04. The van der Waals surface area contributed by atoms with Crippen LogP contribution in [-0.2, 0) is 6.54 Å². The molecule has 122 valence electrons. The minimum Gasteiger partial charge on any atom is -0.353 e. The fraction of sp³-hybridized carbons (Fsp3) is 0.278. The third kappa shape index (κ3) is 3.05. The van der Waals surface area contributed by atoms with E-state index in [2.05, 4.69) is 24.8 Å². The van der Waals surface area contributed by atoms with E-state index in [-0.39, 0.29) is 5.82 Å². The fourth-order valence-corrected chi connectivity index (χ4v) is 3.13. The van der Waals surface area contributed by atoms with E-state index in [4.69, 9.17) is 0 Å². The van der Waals surface area contributed by atoms with Crippen LogP contribution in [0.3, 0.4) is 0 Å². The van der Waals surface area contributed by atoms with E-state index in [1.54, 1.807) is 12.4 Å². The summed E-state index contributed by atoms with van der Waals surface area (Å²) in [6.07, 6.45) is 5.21. The number of anilines is 1. The van der Waals surface area contributed by atoms with Crippen LogP contribution in [-0.4, -0.2) is 46.0 Å². The molecule has 1 saturated heterocycles. The number of halogens is 1. The number of pyridine rings is 1. The van der Waals surface area contributed by atoms with Crippen LogP contribution in [0, 0.1) is 5.82 Å². The highest BCUT2D eigenvalue weighted by Crippen LogP contribution is 2.24. The molecular weight excluding hydrogens is 305 g/mol. The normalized spacial score (nSPS) is 15.8. The van der Waals surface area contributed by atoms with Gasteiger partial charge in [0, 0.05) is 50.5 Å². The number of piperazine rings is 1. The van der Waals surface area contributed by atoms with Gasteiger partial charge in [-0.25, -0.2) is 14.4 Å². The van der Waals surface area contributed by atoms with E-state index in [0.29, 0.717) is 0 Å². The van der Waals surface area contributed by atoms with Crippen molar-refractivity contribution in [1.82, 2.24) is 19.9 Å². The van der Waals surface area contributed by atoms with Gasteiger partial charge < -0.3 is 4.90 Å². The van der Waals surface area contributed by atoms with Gasteiger partial charge in [0.25, 0.3) is 0 Å². The molecule has 0 unspecified atom stereocenters. The first-order valence-corrected chi connectivity index (χ1v) is 8.06. The molecule has 1 aromatic carbocycles. The number of fused-ring (bicyclic) bond motifs is 1. The smallest absolute Gasteiger partial charge is 0.140 e. The summed E-state index contributed by atoms with van der Waals surface area (Å²) in [5.74, 6) is 0.568. The minimum atomic E-state index is -0.255. The Hall–Kier alpha value is -2.60. The number of hydrogen-bond donors (Lipinski definition) is 0. The standard InChI is InChI=1S/C18H18FN5/c19-15-1-2-17-16(11-15)18(22-13-21-17)24-9-7-23(8-10-24)12-14-3-5-20-6-4-14/h1-6,11,13H,7-10,12H2. The third-order valence-corrected chi connectivity index (χ3v) is 4.40. The van der Waals surface area contributed by atoms with Crippen molar-refractivity contribution in [3.05, 3.63) is 60.4 Å². The second-order valence-electron chi connectivity index (χ2n) is 5.98. The first-order chi connectivity index (χ1) is 11.8. The Balaban J connectivity index is 1.49. The monoisotopic (exact) mass is 323 g/mol. The van der Waals surface area contributed by atoms with Crippen molar-refractivity contribution in [3.8, 4) is 0 Å². The number of hydrogen-bond acceptors (Lipinski definition) is 5. The lowest BCUT2D eigenvalue weighted by atomic mass is 10.2. The molecule has 0 radical (unpaired) electrons. The lowest BCUT2D eigenvalue weighted by Gasteiger charge is -2.35. The molecule has 1 aliphatic heterocycles. The van der Waals surface area contributed by atoms with Gasteiger partial charge in [-0.1, -0.05) is 0 Å². The molecule has 5 nitrogen and oxygen atoms in total. The topological polar surface area (TPSA) is 45.2 Å². The molecule has 3 heterocycles. The molecule has 0 aliphatic carbocycles. The minimum absolute atomic E-state index is 0.255. The zero-order valence-electron chi connectivity index (χ0n) is 13.3. The fourth-order valence-electron chi connectivity index (χ4n) is 3.13. The molecule has 1 fully saturated rings. The molecular formula is C18H18FN5. The lowest BCUT2D eigenvalue weighted by molar-refractivity contribution is 0.249. The molecule has 2 aromatic heterocycles.